The van der Waals surface area contributed by atoms with E-state index < -0.39 is 11.7 Å². The maximum Gasteiger partial charge on any atom is 0.277 e. The van der Waals surface area contributed by atoms with Crippen molar-refractivity contribution in [3.05, 3.63) is 83.7 Å². The molecule has 1 amide bonds. The van der Waals surface area contributed by atoms with Crippen LogP contribution in [0.2, 0.25) is 0 Å². The standard InChI is InChI=1S/C21H17FN4O/c1-13-10-17(22)19(23-11-13)21(27)24-16-7-5-15(6-8-16)18-12-26-9-3-4-14(2)20(26)25-18/h3-12H,1-2H3,(H,24,27). The van der Waals surface area contributed by atoms with Gasteiger partial charge in [0.15, 0.2) is 11.5 Å². The van der Waals surface area contributed by atoms with Gasteiger partial charge in [-0.3, -0.25) is 4.79 Å². The van der Waals surface area contributed by atoms with Crippen LogP contribution in [0.15, 0.2) is 61.1 Å². The fraction of sp³-hybridized carbons (Fsp3) is 0.0952. The molecule has 6 heteroatoms. The highest BCUT2D eigenvalue weighted by Crippen LogP contribution is 2.22. The predicted octanol–water partition coefficient (Wildman–Crippen LogP) is 4.40. The van der Waals surface area contributed by atoms with Gasteiger partial charge in [-0.25, -0.2) is 14.4 Å². The summed E-state index contributed by atoms with van der Waals surface area (Å²) in [6.07, 6.45) is 5.38. The van der Waals surface area contributed by atoms with Crippen molar-refractivity contribution in [2.24, 2.45) is 0 Å². The lowest BCUT2D eigenvalue weighted by Gasteiger charge is -2.06. The average Bonchev–Trinajstić information content (AvgIpc) is 3.08. The van der Waals surface area contributed by atoms with E-state index in [1.807, 2.05) is 48.0 Å². The molecule has 0 aliphatic heterocycles. The number of amides is 1. The van der Waals surface area contributed by atoms with Crippen LogP contribution in [0.4, 0.5) is 10.1 Å². The van der Waals surface area contributed by atoms with Crippen LogP contribution in [0.5, 0.6) is 0 Å². The molecule has 1 N–H and O–H groups in total. The SMILES string of the molecule is Cc1cnc(C(=O)Nc2ccc(-c3cn4cccc(C)c4n3)cc2)c(F)c1. The monoisotopic (exact) mass is 360 g/mol. The summed E-state index contributed by atoms with van der Waals surface area (Å²) >= 11 is 0. The highest BCUT2D eigenvalue weighted by Gasteiger charge is 2.14. The van der Waals surface area contributed by atoms with E-state index in [-0.39, 0.29) is 5.69 Å². The van der Waals surface area contributed by atoms with Crippen LogP contribution in [0.1, 0.15) is 21.6 Å². The molecule has 0 unspecified atom stereocenters. The molecular weight excluding hydrogens is 343 g/mol. The molecule has 0 bridgehead atoms. The van der Waals surface area contributed by atoms with Gasteiger partial charge in [0.1, 0.15) is 5.65 Å². The quantitative estimate of drug-likeness (QED) is 0.589. The second-order valence-electron chi connectivity index (χ2n) is 6.42. The number of rotatable bonds is 3. The molecule has 4 aromatic rings. The number of pyridine rings is 2. The van der Waals surface area contributed by atoms with Crippen molar-refractivity contribution in [3.8, 4) is 11.3 Å². The number of benzene rings is 1. The largest absolute Gasteiger partial charge is 0.321 e. The van der Waals surface area contributed by atoms with Crippen LogP contribution < -0.4 is 5.32 Å². The molecule has 3 aromatic heterocycles. The number of hydrogen-bond donors (Lipinski definition) is 1. The van der Waals surface area contributed by atoms with E-state index >= 15 is 0 Å². The van der Waals surface area contributed by atoms with Crippen LogP contribution in [0.25, 0.3) is 16.9 Å². The number of carbonyl (C=O) groups is 1. The van der Waals surface area contributed by atoms with Crippen LogP contribution >= 0.6 is 0 Å². The van der Waals surface area contributed by atoms with Crippen molar-refractivity contribution in [1.29, 1.82) is 0 Å². The van der Waals surface area contributed by atoms with E-state index in [0.29, 0.717) is 11.3 Å². The van der Waals surface area contributed by atoms with Gasteiger partial charge in [0.05, 0.1) is 5.69 Å². The minimum atomic E-state index is -0.635. The van der Waals surface area contributed by atoms with E-state index in [4.69, 9.17) is 0 Å². The fourth-order valence-corrected chi connectivity index (χ4v) is 2.91. The van der Waals surface area contributed by atoms with Gasteiger partial charge in [-0.1, -0.05) is 18.2 Å². The Morgan fingerprint density at radius 3 is 2.63 bits per heavy atom. The smallest absolute Gasteiger partial charge is 0.277 e. The van der Waals surface area contributed by atoms with Crippen LogP contribution in [0.3, 0.4) is 0 Å². The normalized spacial score (nSPS) is 10.9. The first-order valence-corrected chi connectivity index (χ1v) is 8.49. The maximum absolute atomic E-state index is 13.9. The number of nitrogens with zero attached hydrogens (tertiary/aromatic N) is 3. The molecule has 27 heavy (non-hydrogen) atoms. The number of aromatic nitrogens is 3. The van der Waals surface area contributed by atoms with Gasteiger partial charge in [0.2, 0.25) is 0 Å². The zero-order valence-electron chi connectivity index (χ0n) is 14.9. The zero-order chi connectivity index (χ0) is 19.0. The van der Waals surface area contributed by atoms with E-state index in [9.17, 15) is 9.18 Å². The zero-order valence-corrected chi connectivity index (χ0v) is 14.9. The second-order valence-corrected chi connectivity index (χ2v) is 6.42. The van der Waals surface area contributed by atoms with E-state index in [0.717, 1.165) is 22.5 Å². The number of halogens is 1. The Kier molecular flexibility index (Phi) is 4.16. The lowest BCUT2D eigenvalue weighted by atomic mass is 10.1. The Bertz CT molecular complexity index is 1150. The van der Waals surface area contributed by atoms with Gasteiger partial charge in [0.25, 0.3) is 5.91 Å². The topological polar surface area (TPSA) is 59.3 Å². The molecule has 3 heterocycles. The number of carbonyl (C=O) groups excluding carboxylic acids is 1. The van der Waals surface area contributed by atoms with Gasteiger partial charge in [0, 0.05) is 29.8 Å². The van der Waals surface area contributed by atoms with Crippen LogP contribution in [-0.4, -0.2) is 20.3 Å². The Balaban J connectivity index is 1.56. The van der Waals surface area contributed by atoms with Gasteiger partial charge < -0.3 is 9.72 Å². The number of aryl methyl sites for hydroxylation is 2. The van der Waals surface area contributed by atoms with E-state index in [2.05, 4.69) is 15.3 Å². The molecule has 0 radical (unpaired) electrons. The van der Waals surface area contributed by atoms with Crippen molar-refractivity contribution in [1.82, 2.24) is 14.4 Å². The molecule has 0 saturated heterocycles. The van der Waals surface area contributed by atoms with Gasteiger partial charge >= 0.3 is 0 Å². The minimum Gasteiger partial charge on any atom is -0.321 e. The molecule has 5 nitrogen and oxygen atoms in total. The van der Waals surface area contributed by atoms with Crippen molar-refractivity contribution in [2.45, 2.75) is 13.8 Å². The van der Waals surface area contributed by atoms with E-state index in [1.165, 1.54) is 12.3 Å². The number of fused-ring (bicyclic) bond motifs is 1. The molecule has 0 spiro atoms. The lowest BCUT2D eigenvalue weighted by molar-refractivity contribution is 0.101. The molecule has 0 saturated carbocycles. The first kappa shape index (κ1) is 16.9. The highest BCUT2D eigenvalue weighted by molar-refractivity contribution is 6.03. The Labute approximate surface area is 155 Å². The molecular formula is C21H17FN4O. The molecule has 0 aliphatic carbocycles. The molecule has 134 valence electrons. The second kappa shape index (κ2) is 6.64. The van der Waals surface area contributed by atoms with Crippen molar-refractivity contribution in [2.75, 3.05) is 5.32 Å². The first-order chi connectivity index (χ1) is 13.0. The maximum atomic E-state index is 13.9. The number of hydrogen-bond acceptors (Lipinski definition) is 3. The predicted molar refractivity (Wildman–Crippen MR) is 102 cm³/mol. The molecule has 0 fully saturated rings. The summed E-state index contributed by atoms with van der Waals surface area (Å²) in [6, 6.07) is 12.5. The summed E-state index contributed by atoms with van der Waals surface area (Å²) in [5.74, 6) is -1.22. The Morgan fingerprint density at radius 1 is 1.15 bits per heavy atom. The molecule has 1 aromatic carbocycles. The third kappa shape index (κ3) is 3.29. The number of imidazole rings is 1. The third-order valence-corrected chi connectivity index (χ3v) is 4.31. The lowest BCUT2D eigenvalue weighted by Crippen LogP contribution is -2.15. The van der Waals surface area contributed by atoms with Crippen molar-refractivity contribution < 1.29 is 9.18 Å². The Morgan fingerprint density at radius 2 is 1.93 bits per heavy atom. The summed E-state index contributed by atoms with van der Waals surface area (Å²) in [5.41, 5.74) is 4.78. The third-order valence-electron chi connectivity index (χ3n) is 4.31. The number of nitrogens with one attached hydrogen (secondary N) is 1. The van der Waals surface area contributed by atoms with Gasteiger partial charge in [-0.05, 0) is 49.2 Å². The molecule has 0 atom stereocenters. The molecule has 4 rings (SSSR count). The summed E-state index contributed by atoms with van der Waals surface area (Å²) in [6.45, 7) is 3.74. The van der Waals surface area contributed by atoms with Gasteiger partial charge in [-0.15, -0.1) is 0 Å². The van der Waals surface area contributed by atoms with E-state index in [1.54, 1.807) is 19.1 Å². The fourth-order valence-electron chi connectivity index (χ4n) is 2.91. The summed E-state index contributed by atoms with van der Waals surface area (Å²) in [5, 5.41) is 2.67. The first-order valence-electron chi connectivity index (χ1n) is 8.49. The average molecular weight is 360 g/mol. The van der Waals surface area contributed by atoms with Crippen LogP contribution in [0, 0.1) is 19.7 Å². The van der Waals surface area contributed by atoms with Gasteiger partial charge in [-0.2, -0.15) is 0 Å². The highest BCUT2D eigenvalue weighted by atomic mass is 19.1. The van der Waals surface area contributed by atoms with Crippen molar-refractivity contribution >= 4 is 17.2 Å². The van der Waals surface area contributed by atoms with Crippen molar-refractivity contribution in [3.63, 3.8) is 0 Å². The summed E-state index contributed by atoms with van der Waals surface area (Å²) < 4.78 is 15.9. The summed E-state index contributed by atoms with van der Waals surface area (Å²) in [7, 11) is 0. The molecule has 0 aliphatic rings. The number of anilines is 1. The minimum absolute atomic E-state index is 0.222. The van der Waals surface area contributed by atoms with Crippen LogP contribution in [-0.2, 0) is 0 Å². The Hall–Kier alpha value is -3.54. The summed E-state index contributed by atoms with van der Waals surface area (Å²) in [4.78, 5) is 20.8.